The zero-order valence-electron chi connectivity index (χ0n) is 10.2. The van der Waals surface area contributed by atoms with Crippen molar-refractivity contribution in [1.29, 1.82) is 0 Å². The van der Waals surface area contributed by atoms with Gasteiger partial charge in [-0.3, -0.25) is 0 Å². The monoisotopic (exact) mass is 264 g/mol. The van der Waals surface area contributed by atoms with Crippen molar-refractivity contribution in [2.75, 3.05) is 26.2 Å². The average molecular weight is 266 g/mol. The Morgan fingerprint density at radius 1 is 0.615 bits per heavy atom. The quantitative estimate of drug-likeness (QED) is 0.694. The second kappa shape index (κ2) is 38.5. The minimum Gasteiger partial charge on any atom is -0.663 e. The van der Waals surface area contributed by atoms with Crippen molar-refractivity contribution in [2.45, 2.75) is 27.7 Å². The summed E-state index contributed by atoms with van der Waals surface area (Å²) in [6.45, 7) is 12.1. The molecule has 0 unspecified atom stereocenters. The molecule has 0 spiro atoms. The third-order valence-corrected chi connectivity index (χ3v) is 0.894. The van der Waals surface area contributed by atoms with Crippen molar-refractivity contribution in [3.8, 4) is 0 Å². The van der Waals surface area contributed by atoms with Gasteiger partial charge in [0.05, 0.1) is 0 Å². The molecule has 2 nitrogen and oxygen atoms in total. The first kappa shape index (κ1) is 29.2. The molecule has 3 heteroatoms. The summed E-state index contributed by atoms with van der Waals surface area (Å²) in [5.41, 5.74) is 0. The summed E-state index contributed by atoms with van der Waals surface area (Å²) in [6.07, 6.45) is 0. The van der Waals surface area contributed by atoms with E-state index in [-0.39, 0.29) is 41.1 Å². The van der Waals surface area contributed by atoms with Crippen LogP contribution in [-0.2, 0) is 26.2 Å². The molecule has 0 heterocycles. The van der Waals surface area contributed by atoms with Gasteiger partial charge in [-0.2, -0.15) is 26.2 Å². The Kier molecular flexibility index (Phi) is 86.6. The fourth-order valence-corrected chi connectivity index (χ4v) is 0.447. The van der Waals surface area contributed by atoms with Gasteiger partial charge in [-0.05, 0) is 0 Å². The Morgan fingerprint density at radius 3 is 0.769 bits per heavy atom. The molecule has 13 heavy (non-hydrogen) atoms. The van der Waals surface area contributed by atoms with Gasteiger partial charge in [0.2, 0.25) is 0 Å². The molecule has 0 fully saturated rings. The standard InChI is InChI=1S/2C4H10N.2CH3.Zr/c2*1-3-5-4-2;;;/h2*3-4H2,1-2H3;2*1H3;/q4*-1;+4. The van der Waals surface area contributed by atoms with E-state index >= 15 is 0 Å². The SMILES string of the molecule is CC[N-]CC.CC[N-]CC.[CH3-].[CH3-].[Zr+4]. The summed E-state index contributed by atoms with van der Waals surface area (Å²) in [6, 6.07) is 0. The number of rotatable bonds is 4. The number of hydrogen-bond acceptors (Lipinski definition) is 0. The summed E-state index contributed by atoms with van der Waals surface area (Å²) >= 11 is 0. The van der Waals surface area contributed by atoms with E-state index in [1.165, 1.54) is 0 Å². The van der Waals surface area contributed by atoms with Crippen LogP contribution in [0.4, 0.5) is 0 Å². The van der Waals surface area contributed by atoms with Crippen molar-refractivity contribution in [1.82, 2.24) is 0 Å². The molecule has 0 aliphatic carbocycles. The Morgan fingerprint density at radius 2 is 0.769 bits per heavy atom. The summed E-state index contributed by atoms with van der Waals surface area (Å²) in [7, 11) is 0. The predicted molar refractivity (Wildman–Crippen MR) is 61.7 cm³/mol. The van der Waals surface area contributed by atoms with Crippen LogP contribution in [0.2, 0.25) is 0 Å². The van der Waals surface area contributed by atoms with Gasteiger partial charge in [0, 0.05) is 0 Å². The Balaban J connectivity index is -0.0000000267. The second-order valence-corrected chi connectivity index (χ2v) is 1.71. The molecule has 0 saturated heterocycles. The first-order valence-electron chi connectivity index (χ1n) is 4.09. The van der Waals surface area contributed by atoms with Crippen LogP contribution in [0.15, 0.2) is 0 Å². The molecule has 0 aliphatic heterocycles. The summed E-state index contributed by atoms with van der Waals surface area (Å²) in [4.78, 5) is 0. The van der Waals surface area contributed by atoms with Gasteiger partial charge in [-0.25, -0.2) is 0 Å². The van der Waals surface area contributed by atoms with E-state index in [4.69, 9.17) is 0 Å². The van der Waals surface area contributed by atoms with Crippen LogP contribution in [0.25, 0.3) is 10.6 Å². The molecule has 0 atom stereocenters. The zero-order valence-corrected chi connectivity index (χ0v) is 12.7. The van der Waals surface area contributed by atoms with Crippen LogP contribution < -0.4 is 0 Å². The summed E-state index contributed by atoms with van der Waals surface area (Å²) in [5.74, 6) is 0. The normalized spacial score (nSPS) is 6.46. The van der Waals surface area contributed by atoms with Crippen LogP contribution in [0.3, 0.4) is 0 Å². The fraction of sp³-hybridized carbons (Fsp3) is 0.800. The van der Waals surface area contributed by atoms with Gasteiger partial charge < -0.3 is 25.5 Å². The number of nitrogens with zero attached hydrogens (tertiary/aromatic N) is 2. The largest absolute Gasteiger partial charge is 4.00 e. The van der Waals surface area contributed by atoms with E-state index in [2.05, 4.69) is 10.6 Å². The molecule has 0 saturated carbocycles. The minimum atomic E-state index is 0. The molecule has 0 aliphatic rings. The van der Waals surface area contributed by atoms with Gasteiger partial charge in [-0.15, -0.1) is 0 Å². The van der Waals surface area contributed by atoms with E-state index in [1.807, 2.05) is 27.7 Å². The van der Waals surface area contributed by atoms with Crippen LogP contribution >= 0.6 is 0 Å². The third kappa shape index (κ3) is 64.8. The molecule has 0 aromatic rings. The molecular weight excluding hydrogens is 239 g/mol. The third-order valence-electron chi connectivity index (χ3n) is 0.894. The van der Waals surface area contributed by atoms with Crippen molar-refractivity contribution in [2.24, 2.45) is 0 Å². The summed E-state index contributed by atoms with van der Waals surface area (Å²) < 4.78 is 0. The maximum absolute atomic E-state index is 3.97. The van der Waals surface area contributed by atoms with E-state index in [9.17, 15) is 0 Å². The topological polar surface area (TPSA) is 28.2 Å². The molecule has 0 aromatic carbocycles. The van der Waals surface area contributed by atoms with Crippen molar-refractivity contribution in [3.63, 3.8) is 0 Å². The molecule has 0 aromatic heterocycles. The Hall–Kier alpha value is 0.803. The maximum Gasteiger partial charge on any atom is 4.00 e. The maximum atomic E-state index is 3.97. The van der Waals surface area contributed by atoms with Crippen LogP contribution in [-0.4, -0.2) is 26.2 Å². The average Bonchev–Trinajstić information content (AvgIpc) is 1.93. The fourth-order valence-electron chi connectivity index (χ4n) is 0.447. The zero-order chi connectivity index (χ0) is 8.24. The molecule has 0 rings (SSSR count). The van der Waals surface area contributed by atoms with Gasteiger partial charge in [0.25, 0.3) is 0 Å². The molecular formula is C10H26N2Zr. The van der Waals surface area contributed by atoms with Crippen LogP contribution in [0.5, 0.6) is 0 Å². The van der Waals surface area contributed by atoms with Crippen LogP contribution in [0.1, 0.15) is 27.7 Å². The minimum absolute atomic E-state index is 0. The van der Waals surface area contributed by atoms with Gasteiger partial charge in [0.1, 0.15) is 0 Å². The Labute approximate surface area is 105 Å². The smallest absolute Gasteiger partial charge is 0.663 e. The van der Waals surface area contributed by atoms with Gasteiger partial charge in [0.15, 0.2) is 0 Å². The van der Waals surface area contributed by atoms with Crippen LogP contribution in [0, 0.1) is 14.9 Å². The Bertz CT molecular complexity index is 33.9. The van der Waals surface area contributed by atoms with Gasteiger partial charge >= 0.3 is 26.2 Å². The molecule has 0 radical (unpaired) electrons. The van der Waals surface area contributed by atoms with E-state index in [0.717, 1.165) is 26.2 Å². The summed E-state index contributed by atoms with van der Waals surface area (Å²) in [5, 5.41) is 7.94. The van der Waals surface area contributed by atoms with Crippen molar-refractivity contribution >= 4 is 0 Å². The molecule has 0 amide bonds. The van der Waals surface area contributed by atoms with E-state index in [0.29, 0.717) is 0 Å². The molecule has 0 bridgehead atoms. The second-order valence-electron chi connectivity index (χ2n) is 1.71. The number of hydrogen-bond donors (Lipinski definition) is 0. The molecule has 80 valence electrons. The first-order chi connectivity index (χ1) is 4.83. The van der Waals surface area contributed by atoms with Crippen molar-refractivity contribution in [3.05, 3.63) is 25.5 Å². The predicted octanol–water partition coefficient (Wildman–Crippen LogP) is 3.70. The first-order valence-corrected chi connectivity index (χ1v) is 4.09. The van der Waals surface area contributed by atoms with Gasteiger partial charge in [-0.1, -0.05) is 27.7 Å². The molecule has 0 N–H and O–H groups in total. The van der Waals surface area contributed by atoms with Crippen molar-refractivity contribution < 1.29 is 26.2 Å². The van der Waals surface area contributed by atoms with E-state index in [1.54, 1.807) is 0 Å². The van der Waals surface area contributed by atoms with E-state index < -0.39 is 0 Å².